The predicted octanol–water partition coefficient (Wildman–Crippen LogP) is 3.59. The smallest absolute Gasteiger partial charge is 0.184 e. The van der Waals surface area contributed by atoms with Crippen LogP contribution in [0.2, 0.25) is 0 Å². The van der Waals surface area contributed by atoms with Gasteiger partial charge in [0.15, 0.2) is 5.11 Å². The van der Waals surface area contributed by atoms with E-state index in [1.165, 1.54) is 32.1 Å². The summed E-state index contributed by atoms with van der Waals surface area (Å²) in [6.07, 6.45) is 9.30. The molecule has 5 heteroatoms. The zero-order chi connectivity index (χ0) is 15.3. The largest absolute Gasteiger partial charge is 0.494 e. The van der Waals surface area contributed by atoms with Gasteiger partial charge in [-0.15, -0.1) is 0 Å². The Labute approximate surface area is 132 Å². The van der Waals surface area contributed by atoms with Gasteiger partial charge in [-0.2, -0.15) is 5.10 Å². The van der Waals surface area contributed by atoms with E-state index in [1.54, 1.807) is 6.21 Å². The van der Waals surface area contributed by atoms with Crippen molar-refractivity contribution in [3.63, 3.8) is 0 Å². The number of unbranched alkanes of at least 4 members (excludes halogenated alkanes) is 5. The number of thiocarbonyl (C=S) groups is 1. The summed E-state index contributed by atoms with van der Waals surface area (Å²) in [5.74, 6) is 0.892. The van der Waals surface area contributed by atoms with E-state index in [9.17, 15) is 0 Å². The summed E-state index contributed by atoms with van der Waals surface area (Å²) < 4.78 is 5.71. The second-order valence-electron chi connectivity index (χ2n) is 4.92. The molecule has 0 aliphatic carbocycles. The average molecular weight is 307 g/mol. The SMILES string of the molecule is CCCCCCCCOc1ccc(/C=N\NC(N)=S)cc1. The minimum absolute atomic E-state index is 0.158. The van der Waals surface area contributed by atoms with Crippen LogP contribution >= 0.6 is 12.2 Å². The third-order valence-corrected chi connectivity index (χ3v) is 3.13. The molecule has 116 valence electrons. The first-order valence-corrected chi connectivity index (χ1v) is 7.94. The molecule has 1 aromatic carbocycles. The Morgan fingerprint density at radius 2 is 1.86 bits per heavy atom. The molecular formula is C16H25N3OS. The number of hydrogen-bond acceptors (Lipinski definition) is 3. The number of nitrogens with one attached hydrogen (secondary N) is 1. The molecule has 0 saturated carbocycles. The highest BCUT2D eigenvalue weighted by molar-refractivity contribution is 7.80. The number of ether oxygens (including phenoxy) is 1. The average Bonchev–Trinajstić information content (AvgIpc) is 2.47. The van der Waals surface area contributed by atoms with Gasteiger partial charge >= 0.3 is 0 Å². The first-order valence-electron chi connectivity index (χ1n) is 7.53. The van der Waals surface area contributed by atoms with Crippen molar-refractivity contribution in [3.8, 4) is 5.75 Å². The fourth-order valence-corrected chi connectivity index (χ4v) is 1.95. The predicted molar refractivity (Wildman–Crippen MR) is 92.8 cm³/mol. The maximum absolute atomic E-state index is 5.71. The number of nitrogens with zero attached hydrogens (tertiary/aromatic N) is 1. The van der Waals surface area contributed by atoms with Crippen LogP contribution in [0, 0.1) is 0 Å². The maximum Gasteiger partial charge on any atom is 0.184 e. The Morgan fingerprint density at radius 3 is 2.52 bits per heavy atom. The topological polar surface area (TPSA) is 59.6 Å². The fraction of sp³-hybridized carbons (Fsp3) is 0.500. The van der Waals surface area contributed by atoms with Crippen molar-refractivity contribution in [2.75, 3.05) is 6.61 Å². The van der Waals surface area contributed by atoms with Crippen molar-refractivity contribution in [3.05, 3.63) is 29.8 Å². The van der Waals surface area contributed by atoms with Crippen molar-refractivity contribution in [2.24, 2.45) is 10.8 Å². The molecule has 0 atom stereocenters. The molecule has 1 rings (SSSR count). The number of benzene rings is 1. The van der Waals surface area contributed by atoms with Crippen LogP contribution in [0.15, 0.2) is 29.4 Å². The van der Waals surface area contributed by atoms with Crippen LogP contribution in [0.4, 0.5) is 0 Å². The van der Waals surface area contributed by atoms with Gasteiger partial charge in [0.05, 0.1) is 12.8 Å². The Morgan fingerprint density at radius 1 is 1.19 bits per heavy atom. The minimum Gasteiger partial charge on any atom is -0.494 e. The van der Waals surface area contributed by atoms with Crippen molar-refractivity contribution in [2.45, 2.75) is 45.4 Å². The molecule has 0 bridgehead atoms. The van der Waals surface area contributed by atoms with E-state index in [0.717, 1.165) is 24.3 Å². The second kappa shape index (κ2) is 11.1. The van der Waals surface area contributed by atoms with E-state index >= 15 is 0 Å². The van der Waals surface area contributed by atoms with Gasteiger partial charge in [0.2, 0.25) is 0 Å². The van der Waals surface area contributed by atoms with Gasteiger partial charge in [0.1, 0.15) is 5.75 Å². The third kappa shape index (κ3) is 9.02. The van der Waals surface area contributed by atoms with Gasteiger partial charge < -0.3 is 10.5 Å². The summed E-state index contributed by atoms with van der Waals surface area (Å²) >= 11 is 4.66. The molecule has 0 spiro atoms. The highest BCUT2D eigenvalue weighted by Crippen LogP contribution is 2.12. The Hall–Kier alpha value is -1.62. The zero-order valence-corrected chi connectivity index (χ0v) is 13.5. The molecular weight excluding hydrogens is 282 g/mol. The van der Waals surface area contributed by atoms with Gasteiger partial charge in [-0.25, -0.2) is 0 Å². The lowest BCUT2D eigenvalue weighted by molar-refractivity contribution is 0.304. The molecule has 1 aromatic rings. The van der Waals surface area contributed by atoms with Gasteiger partial charge in [-0.3, -0.25) is 5.43 Å². The first kappa shape index (κ1) is 17.4. The van der Waals surface area contributed by atoms with Crippen LogP contribution in [0.1, 0.15) is 51.0 Å². The van der Waals surface area contributed by atoms with Crippen molar-refractivity contribution in [1.82, 2.24) is 5.43 Å². The second-order valence-corrected chi connectivity index (χ2v) is 5.36. The quantitative estimate of drug-likeness (QED) is 0.300. The molecule has 0 aliphatic heterocycles. The molecule has 0 heterocycles. The van der Waals surface area contributed by atoms with E-state index in [4.69, 9.17) is 10.5 Å². The maximum atomic E-state index is 5.71. The third-order valence-electron chi connectivity index (χ3n) is 3.04. The van der Waals surface area contributed by atoms with Crippen molar-refractivity contribution in [1.29, 1.82) is 0 Å². The number of nitrogens with two attached hydrogens (primary N) is 1. The summed E-state index contributed by atoms with van der Waals surface area (Å²) in [6.45, 7) is 3.01. The van der Waals surface area contributed by atoms with Gasteiger partial charge in [-0.1, -0.05) is 39.0 Å². The molecule has 0 aromatic heterocycles. The summed E-state index contributed by atoms with van der Waals surface area (Å²) in [5, 5.41) is 4.06. The van der Waals surface area contributed by atoms with Crippen LogP contribution in [-0.2, 0) is 0 Å². The van der Waals surface area contributed by atoms with E-state index < -0.39 is 0 Å². The summed E-state index contributed by atoms with van der Waals surface area (Å²) in [6, 6.07) is 7.78. The molecule has 0 aliphatic rings. The normalized spacial score (nSPS) is 10.7. The molecule has 0 saturated heterocycles. The minimum atomic E-state index is 0.158. The van der Waals surface area contributed by atoms with E-state index in [2.05, 4.69) is 29.7 Å². The van der Waals surface area contributed by atoms with E-state index in [0.29, 0.717) is 0 Å². The highest BCUT2D eigenvalue weighted by atomic mass is 32.1. The molecule has 0 unspecified atom stereocenters. The van der Waals surface area contributed by atoms with Crippen molar-refractivity contribution < 1.29 is 4.74 Å². The number of hydrazone groups is 1. The molecule has 0 radical (unpaired) electrons. The molecule has 3 N–H and O–H groups in total. The fourth-order valence-electron chi connectivity index (χ4n) is 1.89. The van der Waals surface area contributed by atoms with Crippen LogP contribution in [0.5, 0.6) is 5.75 Å². The summed E-state index contributed by atoms with van der Waals surface area (Å²) in [5.41, 5.74) is 8.76. The zero-order valence-electron chi connectivity index (χ0n) is 12.7. The lowest BCUT2D eigenvalue weighted by Crippen LogP contribution is -2.23. The van der Waals surface area contributed by atoms with Crippen molar-refractivity contribution >= 4 is 23.5 Å². The van der Waals surface area contributed by atoms with Crippen LogP contribution < -0.4 is 15.9 Å². The first-order chi connectivity index (χ1) is 10.2. The lowest BCUT2D eigenvalue weighted by atomic mass is 10.1. The molecule has 21 heavy (non-hydrogen) atoms. The Balaban J connectivity index is 2.19. The van der Waals surface area contributed by atoms with Crippen LogP contribution in [-0.4, -0.2) is 17.9 Å². The molecule has 0 amide bonds. The number of hydrogen-bond donors (Lipinski definition) is 2. The monoisotopic (exact) mass is 307 g/mol. The van der Waals surface area contributed by atoms with Gasteiger partial charge in [0, 0.05) is 0 Å². The molecule has 4 nitrogen and oxygen atoms in total. The molecule has 0 fully saturated rings. The summed E-state index contributed by atoms with van der Waals surface area (Å²) in [7, 11) is 0. The number of rotatable bonds is 10. The van der Waals surface area contributed by atoms with Gasteiger partial charge in [-0.05, 0) is 48.5 Å². The standard InChI is InChI=1S/C16H25N3OS/c1-2-3-4-5-6-7-12-20-15-10-8-14(9-11-15)13-18-19-16(17)21/h8-11,13H,2-7,12H2,1H3,(H3,17,19,21)/b18-13-. The Bertz CT molecular complexity index is 432. The lowest BCUT2D eigenvalue weighted by Gasteiger charge is -2.06. The van der Waals surface area contributed by atoms with E-state index in [-0.39, 0.29) is 5.11 Å². The van der Waals surface area contributed by atoms with Gasteiger partial charge in [0.25, 0.3) is 0 Å². The van der Waals surface area contributed by atoms with Crippen LogP contribution in [0.3, 0.4) is 0 Å². The van der Waals surface area contributed by atoms with E-state index in [1.807, 2.05) is 24.3 Å². The Kier molecular flexibility index (Phi) is 9.20. The highest BCUT2D eigenvalue weighted by Gasteiger charge is 1.95. The summed E-state index contributed by atoms with van der Waals surface area (Å²) in [4.78, 5) is 0. The van der Waals surface area contributed by atoms with Crippen LogP contribution in [0.25, 0.3) is 0 Å².